The molecule has 0 amide bonds. The Bertz CT molecular complexity index is 594. The molecule has 3 fully saturated rings. The molecule has 4 aliphatic rings. The number of aliphatic hydroxyl groups excluding tert-OH is 1. The fourth-order valence-corrected chi connectivity index (χ4v) is 7.67. The molecule has 0 heterocycles. The predicted octanol–water partition coefficient (Wildman–Crippen LogP) is 4.08. The topological polar surface area (TPSA) is 57.5 Å². The second-order valence-electron chi connectivity index (χ2n) is 9.97. The highest BCUT2D eigenvalue weighted by Crippen LogP contribution is 2.67. The van der Waals surface area contributed by atoms with E-state index in [1.807, 2.05) is 13.0 Å². The van der Waals surface area contributed by atoms with E-state index in [2.05, 4.69) is 13.8 Å². The van der Waals surface area contributed by atoms with Crippen molar-refractivity contribution in [1.29, 1.82) is 0 Å². The number of carbonyl (C=O) groups excluding carboxylic acids is 1. The van der Waals surface area contributed by atoms with Crippen LogP contribution < -0.4 is 0 Å². The van der Waals surface area contributed by atoms with Crippen molar-refractivity contribution in [2.45, 2.75) is 78.4 Å². The summed E-state index contributed by atoms with van der Waals surface area (Å²) in [5.41, 5.74) is 1.92. The molecule has 0 aromatic heterocycles. The highest BCUT2D eigenvalue weighted by atomic mass is 16.5. The van der Waals surface area contributed by atoms with Gasteiger partial charge in [0, 0.05) is 12.3 Å². The number of hydrogen-bond acceptors (Lipinski definition) is 3. The van der Waals surface area contributed by atoms with Crippen LogP contribution in [0.5, 0.6) is 0 Å². The van der Waals surface area contributed by atoms with Crippen LogP contribution in [0.25, 0.3) is 0 Å². The lowest BCUT2D eigenvalue weighted by molar-refractivity contribution is -0.126. The maximum absolute atomic E-state index is 11.9. The van der Waals surface area contributed by atoms with Crippen molar-refractivity contribution >= 4 is 5.78 Å². The highest BCUT2D eigenvalue weighted by Gasteiger charge is 2.59. The first kappa shape index (κ1) is 17.7. The van der Waals surface area contributed by atoms with E-state index in [1.165, 1.54) is 31.3 Å². The SMILES string of the molecule is CC(C(O)O)[C@H]1CC[C@H]2[C@@H]3CCC4=CC(=O)CC[C@]4(C)[C@H]3CC[C@]12C. The summed E-state index contributed by atoms with van der Waals surface area (Å²) in [7, 11) is 0. The van der Waals surface area contributed by atoms with Crippen LogP contribution in [-0.4, -0.2) is 22.3 Å². The molecule has 3 heteroatoms. The minimum atomic E-state index is -1.19. The monoisotopic (exact) mass is 346 g/mol. The zero-order valence-corrected chi connectivity index (χ0v) is 16.0. The van der Waals surface area contributed by atoms with Crippen LogP contribution in [0.1, 0.15) is 72.1 Å². The third-order valence-corrected chi connectivity index (χ3v) is 9.14. The number of carbonyl (C=O) groups is 1. The molecule has 2 N–H and O–H groups in total. The maximum Gasteiger partial charge on any atom is 0.155 e. The zero-order chi connectivity index (χ0) is 18.0. The summed E-state index contributed by atoms with van der Waals surface area (Å²) in [6, 6.07) is 0. The fraction of sp³-hybridized carbons (Fsp3) is 0.864. The van der Waals surface area contributed by atoms with Crippen LogP contribution in [0.4, 0.5) is 0 Å². The van der Waals surface area contributed by atoms with Gasteiger partial charge in [0.2, 0.25) is 0 Å². The summed E-state index contributed by atoms with van der Waals surface area (Å²) in [6.07, 6.45) is 9.70. The van der Waals surface area contributed by atoms with Gasteiger partial charge in [0.1, 0.15) is 0 Å². The van der Waals surface area contributed by atoms with Crippen LogP contribution in [0, 0.1) is 40.4 Å². The summed E-state index contributed by atoms with van der Waals surface area (Å²) < 4.78 is 0. The third kappa shape index (κ3) is 2.49. The van der Waals surface area contributed by atoms with Crippen LogP contribution in [0.15, 0.2) is 11.6 Å². The van der Waals surface area contributed by atoms with Gasteiger partial charge in [-0.1, -0.05) is 26.3 Å². The Hall–Kier alpha value is -0.670. The number of ketones is 1. The molecule has 0 aromatic rings. The molecular weight excluding hydrogens is 312 g/mol. The summed E-state index contributed by atoms with van der Waals surface area (Å²) in [6.45, 7) is 6.88. The van der Waals surface area contributed by atoms with Gasteiger partial charge in [-0.25, -0.2) is 0 Å². The van der Waals surface area contributed by atoms with E-state index >= 15 is 0 Å². The Morgan fingerprint density at radius 1 is 1.04 bits per heavy atom. The van der Waals surface area contributed by atoms with Crippen molar-refractivity contribution in [3.63, 3.8) is 0 Å². The lowest BCUT2D eigenvalue weighted by Gasteiger charge is -2.58. The Kier molecular flexibility index (Phi) is 4.20. The standard InChI is InChI=1S/C22H34O3/c1-13(20(24)25)17-6-7-18-16-5-4-14-12-15(23)8-10-21(14,2)19(16)9-11-22(17,18)3/h12-13,16-20,24-25H,4-11H2,1-3H3/t13?,16-,17+,18-,19-,21-,22+/m0/s1. The first-order chi connectivity index (χ1) is 11.8. The Labute approximate surface area is 151 Å². The number of fused-ring (bicyclic) bond motifs is 5. The van der Waals surface area contributed by atoms with Gasteiger partial charge in [-0.2, -0.15) is 0 Å². The molecule has 140 valence electrons. The molecule has 0 spiro atoms. The van der Waals surface area contributed by atoms with E-state index in [4.69, 9.17) is 0 Å². The molecule has 0 aliphatic heterocycles. The summed E-state index contributed by atoms with van der Waals surface area (Å²) in [5, 5.41) is 19.5. The summed E-state index contributed by atoms with van der Waals surface area (Å²) in [4.78, 5) is 11.9. The minimum absolute atomic E-state index is 0.0338. The van der Waals surface area contributed by atoms with Crippen molar-refractivity contribution in [3.05, 3.63) is 11.6 Å². The molecule has 0 aromatic carbocycles. The quantitative estimate of drug-likeness (QED) is 0.741. The van der Waals surface area contributed by atoms with Crippen molar-refractivity contribution in [2.24, 2.45) is 40.4 Å². The molecule has 4 aliphatic carbocycles. The van der Waals surface area contributed by atoms with Crippen molar-refractivity contribution in [1.82, 2.24) is 0 Å². The number of aliphatic hydroxyl groups is 2. The molecule has 1 unspecified atom stereocenters. The van der Waals surface area contributed by atoms with Gasteiger partial charge in [-0.3, -0.25) is 4.79 Å². The molecule has 0 radical (unpaired) electrons. The van der Waals surface area contributed by atoms with Crippen LogP contribution in [-0.2, 0) is 4.79 Å². The Morgan fingerprint density at radius 2 is 1.80 bits per heavy atom. The molecule has 0 saturated heterocycles. The van der Waals surface area contributed by atoms with Crippen molar-refractivity contribution in [3.8, 4) is 0 Å². The maximum atomic E-state index is 11.9. The number of allylic oxidation sites excluding steroid dienone is 1. The average Bonchev–Trinajstić information content (AvgIpc) is 2.92. The summed E-state index contributed by atoms with van der Waals surface area (Å²) in [5.74, 6) is 2.91. The minimum Gasteiger partial charge on any atom is -0.368 e. The fourth-order valence-electron chi connectivity index (χ4n) is 7.67. The second kappa shape index (κ2) is 5.92. The van der Waals surface area contributed by atoms with Gasteiger partial charge in [0.05, 0.1) is 0 Å². The van der Waals surface area contributed by atoms with Gasteiger partial charge in [0.15, 0.2) is 12.1 Å². The van der Waals surface area contributed by atoms with Crippen molar-refractivity contribution in [2.75, 3.05) is 0 Å². The number of hydrogen-bond donors (Lipinski definition) is 2. The van der Waals surface area contributed by atoms with Crippen LogP contribution >= 0.6 is 0 Å². The summed E-state index contributed by atoms with van der Waals surface area (Å²) >= 11 is 0. The third-order valence-electron chi connectivity index (χ3n) is 9.14. The first-order valence-corrected chi connectivity index (χ1v) is 10.4. The Morgan fingerprint density at radius 3 is 2.52 bits per heavy atom. The van der Waals surface area contributed by atoms with Gasteiger partial charge in [-0.05, 0) is 85.5 Å². The zero-order valence-electron chi connectivity index (χ0n) is 16.0. The van der Waals surface area contributed by atoms with E-state index in [9.17, 15) is 15.0 Å². The Balaban J connectivity index is 1.62. The lowest BCUT2D eigenvalue weighted by atomic mass is 9.46. The predicted molar refractivity (Wildman–Crippen MR) is 97.6 cm³/mol. The van der Waals surface area contributed by atoms with E-state index < -0.39 is 6.29 Å². The van der Waals surface area contributed by atoms with E-state index in [1.54, 1.807) is 0 Å². The van der Waals surface area contributed by atoms with E-state index in [-0.39, 0.29) is 16.7 Å². The molecular formula is C22H34O3. The van der Waals surface area contributed by atoms with E-state index in [0.29, 0.717) is 23.5 Å². The van der Waals surface area contributed by atoms with Gasteiger partial charge < -0.3 is 10.2 Å². The molecule has 0 bridgehead atoms. The van der Waals surface area contributed by atoms with Crippen molar-refractivity contribution < 1.29 is 15.0 Å². The van der Waals surface area contributed by atoms with Gasteiger partial charge in [0.25, 0.3) is 0 Å². The number of rotatable bonds is 2. The van der Waals surface area contributed by atoms with Crippen LogP contribution in [0.3, 0.4) is 0 Å². The normalized spacial score (nSPS) is 47.8. The van der Waals surface area contributed by atoms with Gasteiger partial charge in [-0.15, -0.1) is 0 Å². The molecule has 4 rings (SSSR count). The average molecular weight is 347 g/mol. The van der Waals surface area contributed by atoms with E-state index in [0.717, 1.165) is 31.6 Å². The molecule has 3 nitrogen and oxygen atoms in total. The van der Waals surface area contributed by atoms with Crippen LogP contribution in [0.2, 0.25) is 0 Å². The highest BCUT2D eigenvalue weighted by molar-refractivity contribution is 5.91. The molecule has 3 saturated carbocycles. The van der Waals surface area contributed by atoms with Gasteiger partial charge >= 0.3 is 0 Å². The second-order valence-corrected chi connectivity index (χ2v) is 9.97. The first-order valence-electron chi connectivity index (χ1n) is 10.4. The molecule has 25 heavy (non-hydrogen) atoms. The molecule has 7 atom stereocenters. The largest absolute Gasteiger partial charge is 0.368 e. The lowest BCUT2D eigenvalue weighted by Crippen LogP contribution is -2.51. The smallest absolute Gasteiger partial charge is 0.155 e.